The number of methoxy groups -OCH3 is 1. The standard InChI is InChI=1S/C24H22N8O4/c1-3-6-18-25-19-20(23(29-28-22(19)33)36-24(34)35-2)32(18)13-14-9-11-15(12-10-14)16-7-4-5-8-17(16)21-26-30-31-27-21/h4-5,7-12H,3,6,13H2,1-2H3,(H,28,33)(H,26,27,30,31). The number of H-pyrrole nitrogens is 2. The molecular formula is C24H22N8O4. The number of tetrazole rings is 1. The van der Waals surface area contributed by atoms with Crippen LogP contribution in [0.4, 0.5) is 4.79 Å². The Hall–Kier alpha value is -4.87. The molecule has 0 spiro atoms. The molecule has 12 heteroatoms. The normalized spacial score (nSPS) is 11.1. The fraction of sp³-hybridized carbons (Fsp3) is 0.208. The van der Waals surface area contributed by atoms with Crippen molar-refractivity contribution in [1.29, 1.82) is 0 Å². The van der Waals surface area contributed by atoms with Crippen molar-refractivity contribution in [3.63, 3.8) is 0 Å². The molecule has 0 aliphatic heterocycles. The van der Waals surface area contributed by atoms with Crippen LogP contribution < -0.4 is 10.3 Å². The Labute approximate surface area is 204 Å². The summed E-state index contributed by atoms with van der Waals surface area (Å²) in [4.78, 5) is 28.8. The van der Waals surface area contributed by atoms with E-state index in [-0.39, 0.29) is 11.4 Å². The van der Waals surface area contributed by atoms with Crippen LogP contribution >= 0.6 is 0 Å². The monoisotopic (exact) mass is 486 g/mol. The number of hydrogen-bond donors (Lipinski definition) is 2. The number of aromatic amines is 2. The van der Waals surface area contributed by atoms with Crippen molar-refractivity contribution in [2.45, 2.75) is 26.3 Å². The molecule has 5 rings (SSSR count). The number of nitrogens with one attached hydrogen (secondary N) is 2. The second-order valence-corrected chi connectivity index (χ2v) is 7.95. The third-order valence-corrected chi connectivity index (χ3v) is 5.66. The van der Waals surface area contributed by atoms with E-state index in [0.29, 0.717) is 30.1 Å². The topological polar surface area (TPSA) is 154 Å². The highest BCUT2D eigenvalue weighted by Gasteiger charge is 2.21. The van der Waals surface area contributed by atoms with Gasteiger partial charge < -0.3 is 14.0 Å². The minimum absolute atomic E-state index is 0.0723. The molecule has 2 aromatic carbocycles. The first-order chi connectivity index (χ1) is 17.6. The van der Waals surface area contributed by atoms with Crippen LogP contribution in [0.25, 0.3) is 33.5 Å². The first-order valence-electron chi connectivity index (χ1n) is 11.2. The molecule has 36 heavy (non-hydrogen) atoms. The summed E-state index contributed by atoms with van der Waals surface area (Å²) in [6.45, 7) is 2.41. The fourth-order valence-electron chi connectivity index (χ4n) is 4.04. The van der Waals surface area contributed by atoms with Crippen LogP contribution in [0.15, 0.2) is 53.3 Å². The first kappa shape index (κ1) is 22.9. The zero-order valence-electron chi connectivity index (χ0n) is 19.6. The van der Waals surface area contributed by atoms with Gasteiger partial charge in [-0.25, -0.2) is 14.9 Å². The van der Waals surface area contributed by atoms with E-state index in [1.165, 1.54) is 7.11 Å². The molecule has 0 fully saturated rings. The van der Waals surface area contributed by atoms with Gasteiger partial charge in [-0.3, -0.25) is 4.79 Å². The van der Waals surface area contributed by atoms with Crippen molar-refractivity contribution in [2.75, 3.05) is 7.11 Å². The van der Waals surface area contributed by atoms with Crippen LogP contribution in [-0.4, -0.2) is 53.6 Å². The predicted molar refractivity (Wildman–Crippen MR) is 129 cm³/mol. The smallest absolute Gasteiger partial charge is 0.437 e. The Balaban J connectivity index is 1.54. The van der Waals surface area contributed by atoms with Gasteiger partial charge in [-0.05, 0) is 28.3 Å². The van der Waals surface area contributed by atoms with Crippen molar-refractivity contribution in [3.05, 3.63) is 70.3 Å². The molecule has 0 saturated carbocycles. The molecule has 3 heterocycles. The Morgan fingerprint density at radius 3 is 2.53 bits per heavy atom. The quantitative estimate of drug-likeness (QED) is 0.330. The molecule has 3 aromatic heterocycles. The van der Waals surface area contributed by atoms with E-state index in [0.717, 1.165) is 28.7 Å². The number of aryl methyl sites for hydroxylation is 1. The Bertz CT molecular complexity index is 1570. The molecule has 0 unspecified atom stereocenters. The molecule has 5 aromatic rings. The van der Waals surface area contributed by atoms with Gasteiger partial charge in [0.25, 0.3) is 11.4 Å². The lowest BCUT2D eigenvalue weighted by molar-refractivity contribution is 0.119. The van der Waals surface area contributed by atoms with E-state index < -0.39 is 11.7 Å². The average Bonchev–Trinajstić information content (AvgIpc) is 3.56. The van der Waals surface area contributed by atoms with Crippen LogP contribution in [-0.2, 0) is 17.7 Å². The molecule has 0 aliphatic rings. The van der Waals surface area contributed by atoms with Gasteiger partial charge in [-0.2, -0.15) is 5.21 Å². The minimum Gasteiger partial charge on any atom is -0.437 e. The summed E-state index contributed by atoms with van der Waals surface area (Å²) in [7, 11) is 1.20. The van der Waals surface area contributed by atoms with Crippen LogP contribution in [0.3, 0.4) is 0 Å². The van der Waals surface area contributed by atoms with Crippen molar-refractivity contribution >= 4 is 17.2 Å². The van der Waals surface area contributed by atoms with E-state index in [9.17, 15) is 9.59 Å². The van der Waals surface area contributed by atoms with Gasteiger partial charge in [-0.1, -0.05) is 55.5 Å². The SMILES string of the molecule is CCCc1nc2c(=O)[nH]nc(OC(=O)OC)c2n1Cc1ccc(-c2ccccc2-c2nn[nH]n2)cc1. The van der Waals surface area contributed by atoms with Gasteiger partial charge >= 0.3 is 6.16 Å². The number of imidazole rings is 1. The van der Waals surface area contributed by atoms with E-state index in [1.54, 1.807) is 0 Å². The molecule has 0 radical (unpaired) electrons. The highest BCUT2D eigenvalue weighted by molar-refractivity contribution is 5.82. The summed E-state index contributed by atoms with van der Waals surface area (Å²) in [5.74, 6) is 1.13. The lowest BCUT2D eigenvalue weighted by atomic mass is 9.98. The zero-order valence-corrected chi connectivity index (χ0v) is 19.6. The van der Waals surface area contributed by atoms with Crippen LogP contribution in [0.1, 0.15) is 24.7 Å². The number of hydrogen-bond acceptors (Lipinski definition) is 9. The molecule has 0 aliphatic carbocycles. The number of nitrogens with zero attached hydrogens (tertiary/aromatic N) is 6. The number of ether oxygens (including phenoxy) is 2. The van der Waals surface area contributed by atoms with Crippen molar-refractivity contribution in [2.24, 2.45) is 0 Å². The Kier molecular flexibility index (Phi) is 6.22. The average molecular weight is 486 g/mol. The Morgan fingerprint density at radius 1 is 1.06 bits per heavy atom. The van der Waals surface area contributed by atoms with Gasteiger partial charge in [0.05, 0.1) is 7.11 Å². The molecule has 0 bridgehead atoms. The van der Waals surface area contributed by atoms with E-state index in [1.807, 2.05) is 60.0 Å². The van der Waals surface area contributed by atoms with Crippen LogP contribution in [0, 0.1) is 0 Å². The maximum Gasteiger partial charge on any atom is 0.515 e. The predicted octanol–water partition coefficient (Wildman–Crippen LogP) is 3.11. The molecular weight excluding hydrogens is 464 g/mol. The largest absolute Gasteiger partial charge is 0.515 e. The van der Waals surface area contributed by atoms with E-state index >= 15 is 0 Å². The number of fused-ring (bicyclic) bond motifs is 1. The number of carbonyl (C=O) groups is 1. The maximum atomic E-state index is 12.5. The third kappa shape index (κ3) is 4.31. The zero-order chi connectivity index (χ0) is 25.1. The summed E-state index contributed by atoms with van der Waals surface area (Å²) >= 11 is 0. The van der Waals surface area contributed by atoms with Crippen molar-refractivity contribution < 1.29 is 14.3 Å². The lowest BCUT2D eigenvalue weighted by Gasteiger charge is -2.12. The van der Waals surface area contributed by atoms with Gasteiger partial charge in [-0.15, -0.1) is 15.3 Å². The number of rotatable bonds is 7. The van der Waals surface area contributed by atoms with Gasteiger partial charge in [0.1, 0.15) is 11.3 Å². The summed E-state index contributed by atoms with van der Waals surface area (Å²) in [5.41, 5.74) is 3.78. The summed E-state index contributed by atoms with van der Waals surface area (Å²) in [5, 5.41) is 20.6. The molecule has 182 valence electrons. The van der Waals surface area contributed by atoms with Gasteiger partial charge in [0, 0.05) is 18.5 Å². The van der Waals surface area contributed by atoms with Crippen molar-refractivity contribution in [1.82, 2.24) is 40.4 Å². The molecule has 0 amide bonds. The van der Waals surface area contributed by atoms with E-state index in [2.05, 4.69) is 40.5 Å². The number of aromatic nitrogens is 8. The van der Waals surface area contributed by atoms with E-state index in [4.69, 9.17) is 4.74 Å². The van der Waals surface area contributed by atoms with Crippen LogP contribution in [0.2, 0.25) is 0 Å². The summed E-state index contributed by atoms with van der Waals surface area (Å²) in [6, 6.07) is 15.8. The maximum absolute atomic E-state index is 12.5. The second-order valence-electron chi connectivity index (χ2n) is 7.95. The molecule has 2 N–H and O–H groups in total. The minimum atomic E-state index is -0.940. The second kappa shape index (κ2) is 9.78. The summed E-state index contributed by atoms with van der Waals surface area (Å²) < 4.78 is 11.7. The summed E-state index contributed by atoms with van der Waals surface area (Å²) in [6.07, 6.45) is 0.501. The molecule has 12 nitrogen and oxygen atoms in total. The Morgan fingerprint density at radius 2 is 1.83 bits per heavy atom. The van der Waals surface area contributed by atoms with Crippen LogP contribution in [0.5, 0.6) is 5.88 Å². The third-order valence-electron chi connectivity index (χ3n) is 5.66. The fourth-order valence-corrected chi connectivity index (χ4v) is 4.04. The highest BCUT2D eigenvalue weighted by Crippen LogP contribution is 2.30. The number of benzene rings is 2. The highest BCUT2D eigenvalue weighted by atomic mass is 16.7. The molecule has 0 saturated heterocycles. The van der Waals surface area contributed by atoms with Crippen molar-refractivity contribution in [3.8, 4) is 28.4 Å². The number of carbonyl (C=O) groups excluding carboxylic acids is 1. The first-order valence-corrected chi connectivity index (χ1v) is 11.2. The lowest BCUT2D eigenvalue weighted by Crippen LogP contribution is -2.15. The molecule has 0 atom stereocenters. The van der Waals surface area contributed by atoms with Gasteiger partial charge in [0.15, 0.2) is 5.52 Å². The van der Waals surface area contributed by atoms with Gasteiger partial charge in [0.2, 0.25) is 5.82 Å².